The number of ether oxygens (including phenoxy) is 2. The Labute approximate surface area is 158 Å². The highest BCUT2D eigenvalue weighted by Gasteiger charge is 2.30. The molecular weight excluding hydrogens is 368 g/mol. The Morgan fingerprint density at radius 1 is 1.15 bits per heavy atom. The Kier molecular flexibility index (Phi) is 5.12. The number of anilines is 1. The van der Waals surface area contributed by atoms with Crippen molar-refractivity contribution in [3.63, 3.8) is 0 Å². The van der Waals surface area contributed by atoms with Crippen molar-refractivity contribution < 1.29 is 22.7 Å². The second kappa shape index (κ2) is 7.21. The molecular formula is C19H22N2O5S. The summed E-state index contributed by atoms with van der Waals surface area (Å²) in [7, 11) is 0.808. The first-order valence-electron chi connectivity index (χ1n) is 8.40. The van der Waals surface area contributed by atoms with Gasteiger partial charge >= 0.3 is 0 Å². The average molecular weight is 390 g/mol. The topological polar surface area (TPSA) is 84.9 Å². The van der Waals surface area contributed by atoms with Gasteiger partial charge in [-0.1, -0.05) is 12.1 Å². The first-order valence-corrected chi connectivity index (χ1v) is 9.84. The van der Waals surface area contributed by atoms with E-state index in [4.69, 9.17) is 9.47 Å². The van der Waals surface area contributed by atoms with Gasteiger partial charge in [-0.3, -0.25) is 4.79 Å². The van der Waals surface area contributed by atoms with Crippen LogP contribution >= 0.6 is 0 Å². The van der Waals surface area contributed by atoms with Crippen molar-refractivity contribution in [3.05, 3.63) is 47.5 Å². The number of carbonyl (C=O) groups is 1. The molecule has 144 valence electrons. The monoisotopic (exact) mass is 390 g/mol. The number of nitrogens with zero attached hydrogens (tertiary/aromatic N) is 1. The van der Waals surface area contributed by atoms with Gasteiger partial charge in [-0.25, -0.2) is 8.42 Å². The molecule has 1 aliphatic rings. The van der Waals surface area contributed by atoms with Crippen LogP contribution in [0.25, 0.3) is 0 Å². The Morgan fingerprint density at radius 2 is 1.89 bits per heavy atom. The second-order valence-corrected chi connectivity index (χ2v) is 8.42. The molecule has 1 N–H and O–H groups in total. The van der Waals surface area contributed by atoms with Crippen molar-refractivity contribution in [1.29, 1.82) is 0 Å². The Hall–Kier alpha value is -2.58. The number of para-hydroxylation sites is 1. The number of rotatable bonds is 6. The first-order chi connectivity index (χ1) is 12.8. The molecule has 2 aromatic rings. The standard InChI is InChI=1S/C19H22N2O5S/c1-12-15-10-14(8-9-16(15)20-19(12)22)27(23,24)21(2)11-13-6-5-7-17(25-3)18(13)26-4/h5-10,12H,11H2,1-4H3,(H,20,22)/t12-/m0/s1. The molecule has 0 saturated heterocycles. The second-order valence-electron chi connectivity index (χ2n) is 6.37. The molecule has 3 rings (SSSR count). The van der Waals surface area contributed by atoms with Crippen LogP contribution in [0.4, 0.5) is 5.69 Å². The highest BCUT2D eigenvalue weighted by molar-refractivity contribution is 7.89. The molecule has 1 aliphatic heterocycles. The average Bonchev–Trinajstić information content (AvgIpc) is 2.94. The van der Waals surface area contributed by atoms with E-state index in [0.29, 0.717) is 28.3 Å². The molecule has 0 aromatic heterocycles. The number of sulfonamides is 1. The maximum Gasteiger partial charge on any atom is 0.243 e. The fourth-order valence-electron chi connectivity index (χ4n) is 3.14. The minimum absolute atomic E-state index is 0.118. The van der Waals surface area contributed by atoms with Crippen LogP contribution in [0.15, 0.2) is 41.3 Å². The number of fused-ring (bicyclic) bond motifs is 1. The summed E-state index contributed by atoms with van der Waals surface area (Å²) in [6.45, 7) is 1.87. The van der Waals surface area contributed by atoms with Crippen molar-refractivity contribution >= 4 is 21.6 Å². The molecule has 27 heavy (non-hydrogen) atoms. The van der Waals surface area contributed by atoms with Gasteiger partial charge in [-0.2, -0.15) is 4.31 Å². The zero-order valence-corrected chi connectivity index (χ0v) is 16.5. The molecule has 8 heteroatoms. The van der Waals surface area contributed by atoms with Crippen LogP contribution in [0.3, 0.4) is 0 Å². The van der Waals surface area contributed by atoms with E-state index in [0.717, 1.165) is 0 Å². The van der Waals surface area contributed by atoms with E-state index in [1.807, 2.05) is 0 Å². The summed E-state index contributed by atoms with van der Waals surface area (Å²) in [6, 6.07) is 10.0. The van der Waals surface area contributed by atoms with Gasteiger partial charge in [0.15, 0.2) is 11.5 Å². The molecule has 1 heterocycles. The summed E-state index contributed by atoms with van der Waals surface area (Å²) >= 11 is 0. The molecule has 1 atom stereocenters. The van der Waals surface area contributed by atoms with Crippen molar-refractivity contribution in [2.75, 3.05) is 26.6 Å². The molecule has 0 saturated carbocycles. The molecule has 0 fully saturated rings. The summed E-state index contributed by atoms with van der Waals surface area (Å²) in [4.78, 5) is 11.9. The first kappa shape index (κ1) is 19.2. The van der Waals surface area contributed by atoms with E-state index in [1.165, 1.54) is 31.6 Å². The Bertz CT molecular complexity index is 988. The third-order valence-electron chi connectivity index (χ3n) is 4.73. The SMILES string of the molecule is COc1cccc(CN(C)S(=O)(=O)c2ccc3c(c2)[C@H](C)C(=O)N3)c1OC. The number of amides is 1. The van der Waals surface area contributed by atoms with E-state index in [2.05, 4.69) is 5.32 Å². The lowest BCUT2D eigenvalue weighted by molar-refractivity contribution is -0.116. The van der Waals surface area contributed by atoms with E-state index in [1.54, 1.807) is 37.3 Å². The van der Waals surface area contributed by atoms with E-state index in [9.17, 15) is 13.2 Å². The third kappa shape index (κ3) is 3.38. The van der Waals surface area contributed by atoms with E-state index in [-0.39, 0.29) is 23.3 Å². The van der Waals surface area contributed by atoms with Gasteiger partial charge in [0.25, 0.3) is 0 Å². The molecule has 1 amide bonds. The van der Waals surface area contributed by atoms with Crippen LogP contribution in [-0.4, -0.2) is 39.9 Å². The van der Waals surface area contributed by atoms with Crippen LogP contribution in [0.1, 0.15) is 24.0 Å². The smallest absolute Gasteiger partial charge is 0.243 e. The van der Waals surface area contributed by atoms with Gasteiger partial charge in [0.1, 0.15) is 0 Å². The van der Waals surface area contributed by atoms with Crippen LogP contribution in [0.2, 0.25) is 0 Å². The normalized spacial score (nSPS) is 16.2. The summed E-state index contributed by atoms with van der Waals surface area (Å²) in [5.41, 5.74) is 2.03. The lowest BCUT2D eigenvalue weighted by Crippen LogP contribution is -2.26. The van der Waals surface area contributed by atoms with Crippen molar-refractivity contribution in [2.45, 2.75) is 24.3 Å². The van der Waals surface area contributed by atoms with Gasteiger partial charge in [0.05, 0.1) is 25.0 Å². The van der Waals surface area contributed by atoms with Crippen molar-refractivity contribution in [3.8, 4) is 11.5 Å². The maximum absolute atomic E-state index is 13.0. The zero-order chi connectivity index (χ0) is 19.8. The lowest BCUT2D eigenvalue weighted by atomic mass is 10.0. The quantitative estimate of drug-likeness (QED) is 0.819. The number of benzene rings is 2. The minimum Gasteiger partial charge on any atom is -0.493 e. The van der Waals surface area contributed by atoms with Crippen LogP contribution in [-0.2, 0) is 21.4 Å². The number of methoxy groups -OCH3 is 2. The minimum atomic E-state index is -3.75. The van der Waals surface area contributed by atoms with Crippen LogP contribution in [0, 0.1) is 0 Å². The molecule has 0 bridgehead atoms. The van der Waals surface area contributed by atoms with Gasteiger partial charge in [0, 0.05) is 24.8 Å². The Morgan fingerprint density at radius 3 is 2.56 bits per heavy atom. The third-order valence-corrected chi connectivity index (χ3v) is 6.53. The van der Waals surface area contributed by atoms with E-state index < -0.39 is 10.0 Å². The molecule has 2 aromatic carbocycles. The molecule has 0 unspecified atom stereocenters. The van der Waals surface area contributed by atoms with Gasteiger partial charge in [0.2, 0.25) is 15.9 Å². The van der Waals surface area contributed by atoms with Crippen LogP contribution in [0.5, 0.6) is 11.5 Å². The summed E-state index contributed by atoms with van der Waals surface area (Å²) in [5, 5.41) is 2.74. The van der Waals surface area contributed by atoms with Gasteiger partial charge in [-0.05, 0) is 36.8 Å². The molecule has 0 aliphatic carbocycles. The molecule has 0 spiro atoms. The number of carbonyl (C=O) groups excluding carboxylic acids is 1. The number of nitrogens with one attached hydrogen (secondary N) is 1. The maximum atomic E-state index is 13.0. The lowest BCUT2D eigenvalue weighted by Gasteiger charge is -2.20. The zero-order valence-electron chi connectivity index (χ0n) is 15.6. The summed E-state index contributed by atoms with van der Waals surface area (Å²) in [5.74, 6) is 0.532. The summed E-state index contributed by atoms with van der Waals surface area (Å²) in [6.07, 6.45) is 0. The fourth-order valence-corrected chi connectivity index (χ4v) is 4.32. The van der Waals surface area contributed by atoms with Crippen LogP contribution < -0.4 is 14.8 Å². The molecule has 0 radical (unpaired) electrons. The number of hydrogen-bond donors (Lipinski definition) is 1. The summed E-state index contributed by atoms with van der Waals surface area (Å²) < 4.78 is 38.0. The van der Waals surface area contributed by atoms with Gasteiger partial charge < -0.3 is 14.8 Å². The predicted octanol–water partition coefficient (Wildman–Crippen LogP) is 2.58. The largest absolute Gasteiger partial charge is 0.493 e. The fraction of sp³-hybridized carbons (Fsp3) is 0.316. The Balaban J connectivity index is 1.92. The highest BCUT2D eigenvalue weighted by Crippen LogP contribution is 2.35. The van der Waals surface area contributed by atoms with Gasteiger partial charge in [-0.15, -0.1) is 0 Å². The predicted molar refractivity (Wildman–Crippen MR) is 102 cm³/mol. The van der Waals surface area contributed by atoms with Crippen molar-refractivity contribution in [2.24, 2.45) is 0 Å². The van der Waals surface area contributed by atoms with Crippen molar-refractivity contribution in [1.82, 2.24) is 4.31 Å². The number of hydrogen-bond acceptors (Lipinski definition) is 5. The highest BCUT2D eigenvalue weighted by atomic mass is 32.2. The molecule has 7 nitrogen and oxygen atoms in total. The van der Waals surface area contributed by atoms with E-state index >= 15 is 0 Å².